The van der Waals surface area contributed by atoms with E-state index in [4.69, 9.17) is 14.2 Å². The molecular weight excluding hydrogens is 1050 g/mol. The molecule has 0 aromatic carbocycles. The minimum atomic E-state index is -1.62. The largest absolute Gasteiger partial charge is 0.454 e. The Morgan fingerprint density at radius 3 is 1.26 bits per heavy atom. The number of hydrogen-bond acceptors (Lipinski definition) is 10. The van der Waals surface area contributed by atoms with Gasteiger partial charge in [0.25, 0.3) is 0 Å². The van der Waals surface area contributed by atoms with Gasteiger partial charge in [0, 0.05) is 6.42 Å². The minimum Gasteiger partial charge on any atom is -0.454 e. The lowest BCUT2D eigenvalue weighted by Gasteiger charge is -2.41. The number of rotatable bonds is 61. The lowest BCUT2D eigenvalue weighted by atomic mass is 9.99. The number of unbranched alkanes of at least 4 members (excludes halogenated alkanes) is 39. The van der Waals surface area contributed by atoms with E-state index in [0.717, 1.165) is 83.5 Å². The molecule has 0 saturated carbocycles. The molecule has 1 heterocycles. The molecule has 0 radical (unpaired) electrons. The summed E-state index contributed by atoms with van der Waals surface area (Å²) in [5.74, 6) is -1.20. The SMILES string of the molecule is CCCCC/C=C\C/C=C\C/C=C\CCCCCCCC(O)C(=O)NC(COC1OC(CO)C(O)C(O)C1OC(=O)CCCCCCCCCCCCCCCCC/C=C/CCCCCCCC)C(O)/C=C/CCCCCCCCCCCC. The highest BCUT2D eigenvalue weighted by Crippen LogP contribution is 2.26. The summed E-state index contributed by atoms with van der Waals surface area (Å²) in [5, 5.41) is 57.2. The fourth-order valence-electron chi connectivity index (χ4n) is 11.0. The third-order valence-corrected chi connectivity index (χ3v) is 16.6. The number of hydrogen-bond donors (Lipinski definition) is 6. The van der Waals surface area contributed by atoms with E-state index >= 15 is 0 Å². The van der Waals surface area contributed by atoms with Gasteiger partial charge in [0.2, 0.25) is 5.91 Å². The third-order valence-electron chi connectivity index (χ3n) is 16.6. The molecule has 8 unspecified atom stereocenters. The monoisotopic (exact) mass is 1180 g/mol. The molecule has 0 aliphatic carbocycles. The maximum atomic E-state index is 13.5. The standard InChI is InChI=1S/C73H133NO10/c1-4-7-10-13-16-19-22-25-27-29-31-32-33-34-35-36-37-39-41-43-46-49-52-55-58-61-68(78)84-71-70(80)69(79)67(62-75)83-73(71)82-63-64(65(76)59-56-53-50-47-44-24-21-18-15-12-9-6-3)74-72(81)66(77)60-57-54-51-48-45-42-40-38-30-28-26-23-20-17-14-11-8-5-2/h17,20,25-28,38,40,56,59,64-67,69-71,73,75-77,79-80H,4-16,18-19,21-24,29-37,39,41-55,57-58,60-63H2,1-3H3,(H,74,81)/b20-17-,27-25+,28-26-,40-38-,59-56+. The van der Waals surface area contributed by atoms with Gasteiger partial charge in [0.05, 0.1) is 25.4 Å². The van der Waals surface area contributed by atoms with Crippen molar-refractivity contribution in [3.05, 3.63) is 60.8 Å². The first-order valence-corrected chi connectivity index (χ1v) is 35.6. The van der Waals surface area contributed by atoms with E-state index in [2.05, 4.69) is 74.7 Å². The van der Waals surface area contributed by atoms with Gasteiger partial charge in [-0.1, -0.05) is 293 Å². The van der Waals surface area contributed by atoms with Crippen molar-refractivity contribution in [3.8, 4) is 0 Å². The Kier molecular flexibility index (Phi) is 57.3. The lowest BCUT2D eigenvalue weighted by molar-refractivity contribution is -0.305. The van der Waals surface area contributed by atoms with Gasteiger partial charge < -0.3 is 45.1 Å². The molecule has 84 heavy (non-hydrogen) atoms. The van der Waals surface area contributed by atoms with Crippen LogP contribution in [-0.2, 0) is 23.8 Å². The topological polar surface area (TPSA) is 175 Å². The summed E-state index contributed by atoms with van der Waals surface area (Å²) in [6.07, 6.45) is 66.9. The number of nitrogens with one attached hydrogen (secondary N) is 1. The van der Waals surface area contributed by atoms with Crippen molar-refractivity contribution < 1.29 is 49.3 Å². The van der Waals surface area contributed by atoms with E-state index in [0.29, 0.717) is 12.8 Å². The predicted octanol–water partition coefficient (Wildman–Crippen LogP) is 18.1. The van der Waals surface area contributed by atoms with Gasteiger partial charge in [0.15, 0.2) is 12.4 Å². The first-order valence-electron chi connectivity index (χ1n) is 35.6. The van der Waals surface area contributed by atoms with E-state index in [1.54, 1.807) is 6.08 Å². The Bertz CT molecular complexity index is 1600. The molecule has 1 rings (SSSR count). The maximum Gasteiger partial charge on any atom is 0.306 e. The molecule has 11 heteroatoms. The number of aliphatic hydroxyl groups excluding tert-OH is 5. The van der Waals surface area contributed by atoms with Gasteiger partial charge in [-0.2, -0.15) is 0 Å². The molecule has 8 atom stereocenters. The summed E-state index contributed by atoms with van der Waals surface area (Å²) in [7, 11) is 0. The van der Waals surface area contributed by atoms with Crippen molar-refractivity contribution in [2.75, 3.05) is 13.2 Å². The minimum absolute atomic E-state index is 0.123. The molecule has 1 fully saturated rings. The van der Waals surface area contributed by atoms with Crippen LogP contribution in [0.5, 0.6) is 0 Å². The summed E-state index contributed by atoms with van der Waals surface area (Å²) in [5.41, 5.74) is 0. The zero-order valence-corrected chi connectivity index (χ0v) is 54.5. The Hall–Kier alpha value is -2.64. The number of carbonyl (C=O) groups is 2. The van der Waals surface area contributed by atoms with Gasteiger partial charge in [-0.05, 0) is 89.9 Å². The molecule has 0 spiro atoms. The number of carbonyl (C=O) groups excluding carboxylic acids is 2. The molecular formula is C73H133NO10. The van der Waals surface area contributed by atoms with Crippen LogP contribution in [0.4, 0.5) is 0 Å². The van der Waals surface area contributed by atoms with Crippen LogP contribution < -0.4 is 5.32 Å². The van der Waals surface area contributed by atoms with Crippen LogP contribution in [0.3, 0.4) is 0 Å². The van der Waals surface area contributed by atoms with Crippen LogP contribution in [0.2, 0.25) is 0 Å². The summed E-state index contributed by atoms with van der Waals surface area (Å²) in [4.78, 5) is 26.7. The average molecular weight is 1180 g/mol. The zero-order chi connectivity index (χ0) is 61.0. The lowest BCUT2D eigenvalue weighted by Crippen LogP contribution is -2.61. The first-order chi connectivity index (χ1) is 41.2. The maximum absolute atomic E-state index is 13.5. The van der Waals surface area contributed by atoms with Crippen molar-refractivity contribution >= 4 is 11.9 Å². The third kappa shape index (κ3) is 47.4. The Labute approximate surface area is 516 Å². The van der Waals surface area contributed by atoms with E-state index < -0.39 is 67.4 Å². The van der Waals surface area contributed by atoms with E-state index in [-0.39, 0.29) is 19.4 Å². The summed E-state index contributed by atoms with van der Waals surface area (Å²) in [6, 6.07) is -1.03. The van der Waals surface area contributed by atoms with Crippen LogP contribution in [-0.4, -0.2) is 99.6 Å². The van der Waals surface area contributed by atoms with Gasteiger partial charge in [-0.3, -0.25) is 9.59 Å². The number of esters is 1. The average Bonchev–Trinajstić information content (AvgIpc) is 3.67. The molecule has 6 N–H and O–H groups in total. The molecule has 11 nitrogen and oxygen atoms in total. The molecule has 490 valence electrons. The zero-order valence-electron chi connectivity index (χ0n) is 54.5. The fraction of sp³-hybridized carbons (Fsp3) is 0.836. The summed E-state index contributed by atoms with van der Waals surface area (Å²) >= 11 is 0. The molecule has 1 amide bonds. The van der Waals surface area contributed by atoms with Gasteiger partial charge >= 0.3 is 5.97 Å². The second-order valence-corrected chi connectivity index (χ2v) is 24.6. The number of ether oxygens (including phenoxy) is 3. The first kappa shape index (κ1) is 79.4. The predicted molar refractivity (Wildman–Crippen MR) is 352 cm³/mol. The van der Waals surface area contributed by atoms with Crippen molar-refractivity contribution in [1.29, 1.82) is 0 Å². The molecule has 0 aromatic rings. The molecule has 0 bridgehead atoms. The van der Waals surface area contributed by atoms with Gasteiger partial charge in [0.1, 0.15) is 24.4 Å². The molecule has 0 aromatic heterocycles. The Morgan fingerprint density at radius 1 is 0.464 bits per heavy atom. The van der Waals surface area contributed by atoms with Crippen LogP contribution >= 0.6 is 0 Å². The molecule has 1 aliphatic rings. The van der Waals surface area contributed by atoms with Crippen molar-refractivity contribution in [1.82, 2.24) is 5.32 Å². The Morgan fingerprint density at radius 2 is 0.821 bits per heavy atom. The highest BCUT2D eigenvalue weighted by molar-refractivity contribution is 5.80. The molecule has 1 saturated heterocycles. The van der Waals surface area contributed by atoms with Crippen molar-refractivity contribution in [2.45, 2.75) is 378 Å². The van der Waals surface area contributed by atoms with Gasteiger partial charge in [-0.25, -0.2) is 0 Å². The number of allylic oxidation sites excluding steroid dienone is 9. The second kappa shape index (κ2) is 60.6. The smallest absolute Gasteiger partial charge is 0.306 e. The van der Waals surface area contributed by atoms with Crippen LogP contribution in [0, 0.1) is 0 Å². The highest BCUT2D eigenvalue weighted by Gasteiger charge is 2.47. The number of amides is 1. The normalized spacial score (nSPS) is 18.8. The van der Waals surface area contributed by atoms with Crippen LogP contribution in [0.15, 0.2) is 60.8 Å². The summed E-state index contributed by atoms with van der Waals surface area (Å²) in [6.45, 7) is 5.78. The fourth-order valence-corrected chi connectivity index (χ4v) is 11.0. The highest BCUT2D eigenvalue weighted by atomic mass is 16.7. The van der Waals surface area contributed by atoms with Crippen LogP contribution in [0.25, 0.3) is 0 Å². The van der Waals surface area contributed by atoms with Gasteiger partial charge in [-0.15, -0.1) is 0 Å². The van der Waals surface area contributed by atoms with E-state index in [1.807, 2.05) is 6.08 Å². The van der Waals surface area contributed by atoms with E-state index in [1.165, 1.54) is 199 Å². The van der Waals surface area contributed by atoms with Crippen molar-refractivity contribution in [2.24, 2.45) is 0 Å². The quantitative estimate of drug-likeness (QED) is 0.0195. The molecule has 1 aliphatic heterocycles. The van der Waals surface area contributed by atoms with E-state index in [9.17, 15) is 35.1 Å². The van der Waals surface area contributed by atoms with Crippen molar-refractivity contribution in [3.63, 3.8) is 0 Å². The second-order valence-electron chi connectivity index (χ2n) is 24.6. The Balaban J connectivity index is 2.57. The number of aliphatic hydroxyl groups is 5. The van der Waals surface area contributed by atoms with Crippen LogP contribution in [0.1, 0.15) is 329 Å². The summed E-state index contributed by atoms with van der Waals surface area (Å²) < 4.78 is 17.7.